The van der Waals surface area contributed by atoms with Gasteiger partial charge in [-0.05, 0) is 36.8 Å². The van der Waals surface area contributed by atoms with E-state index in [4.69, 9.17) is 4.74 Å². The summed E-state index contributed by atoms with van der Waals surface area (Å²) in [5.41, 5.74) is 1.96. The van der Waals surface area contributed by atoms with Crippen LogP contribution in [0.25, 0.3) is 0 Å². The molecule has 1 aliphatic rings. The van der Waals surface area contributed by atoms with E-state index in [-0.39, 0.29) is 24.1 Å². The number of ether oxygens (including phenoxy) is 1. The van der Waals surface area contributed by atoms with E-state index in [9.17, 15) is 14.4 Å². The van der Waals surface area contributed by atoms with E-state index >= 15 is 0 Å². The highest BCUT2D eigenvalue weighted by Gasteiger charge is 2.35. The Labute approximate surface area is 133 Å². The number of carbonyl (C=O) groups excluding carboxylic acids is 3. The van der Waals surface area contributed by atoms with Gasteiger partial charge < -0.3 is 4.74 Å². The van der Waals surface area contributed by atoms with E-state index in [2.05, 4.69) is 0 Å². The fourth-order valence-electron chi connectivity index (χ4n) is 2.69. The molecule has 2 amide bonds. The van der Waals surface area contributed by atoms with Crippen LogP contribution in [0.2, 0.25) is 0 Å². The minimum atomic E-state index is -0.314. The number of carbonyl (C=O) groups is 3. The van der Waals surface area contributed by atoms with Gasteiger partial charge in [0.05, 0.1) is 30.3 Å². The van der Waals surface area contributed by atoms with Crippen molar-refractivity contribution >= 4 is 17.6 Å². The minimum Gasteiger partial charge on any atom is -0.496 e. The van der Waals surface area contributed by atoms with Crippen LogP contribution in [0.5, 0.6) is 5.75 Å². The third-order valence-electron chi connectivity index (χ3n) is 3.86. The fourth-order valence-corrected chi connectivity index (χ4v) is 2.69. The molecule has 0 saturated heterocycles. The van der Waals surface area contributed by atoms with Gasteiger partial charge in [0, 0.05) is 0 Å². The number of imide groups is 1. The van der Waals surface area contributed by atoms with Gasteiger partial charge in [0.25, 0.3) is 11.8 Å². The summed E-state index contributed by atoms with van der Waals surface area (Å²) in [6.07, 6.45) is 0. The van der Waals surface area contributed by atoms with Crippen molar-refractivity contribution in [3.63, 3.8) is 0 Å². The molecule has 1 heterocycles. The van der Waals surface area contributed by atoms with Crippen molar-refractivity contribution in [2.24, 2.45) is 0 Å². The van der Waals surface area contributed by atoms with Crippen molar-refractivity contribution in [1.29, 1.82) is 0 Å². The highest BCUT2D eigenvalue weighted by atomic mass is 16.5. The first-order chi connectivity index (χ1) is 11.0. The van der Waals surface area contributed by atoms with Gasteiger partial charge in [-0.15, -0.1) is 0 Å². The molecule has 0 aliphatic carbocycles. The highest BCUT2D eigenvalue weighted by molar-refractivity contribution is 6.21. The Bertz CT molecular complexity index is 791. The van der Waals surface area contributed by atoms with Crippen molar-refractivity contribution in [1.82, 2.24) is 4.90 Å². The lowest BCUT2D eigenvalue weighted by Crippen LogP contribution is -2.29. The first-order valence-electron chi connectivity index (χ1n) is 7.16. The van der Waals surface area contributed by atoms with Crippen molar-refractivity contribution < 1.29 is 19.1 Å². The van der Waals surface area contributed by atoms with Gasteiger partial charge >= 0.3 is 0 Å². The van der Waals surface area contributed by atoms with Crippen LogP contribution in [-0.4, -0.2) is 29.6 Å². The SMILES string of the molecule is COc1ccc(CN2C(=O)c3ccccc3C2=O)cc1C(C)=O. The summed E-state index contributed by atoms with van der Waals surface area (Å²) in [6, 6.07) is 11.8. The number of ketones is 1. The van der Waals surface area contributed by atoms with Gasteiger partial charge in [-0.1, -0.05) is 18.2 Å². The molecular weight excluding hydrogens is 294 g/mol. The summed E-state index contributed by atoms with van der Waals surface area (Å²) in [5.74, 6) is -0.286. The molecule has 0 bridgehead atoms. The second-order valence-electron chi connectivity index (χ2n) is 5.33. The van der Waals surface area contributed by atoms with E-state index in [1.807, 2.05) is 0 Å². The number of Topliss-reactive ketones (excluding diaryl/α,β-unsaturated/α-hetero) is 1. The monoisotopic (exact) mass is 309 g/mol. The molecule has 5 nitrogen and oxygen atoms in total. The first-order valence-corrected chi connectivity index (χ1v) is 7.16. The van der Waals surface area contributed by atoms with E-state index in [1.54, 1.807) is 42.5 Å². The molecule has 0 N–H and O–H groups in total. The number of rotatable bonds is 4. The minimum absolute atomic E-state index is 0.122. The van der Waals surface area contributed by atoms with Gasteiger partial charge in [0.15, 0.2) is 5.78 Å². The zero-order chi connectivity index (χ0) is 16.6. The second kappa shape index (κ2) is 5.68. The van der Waals surface area contributed by atoms with Gasteiger partial charge in [-0.2, -0.15) is 0 Å². The van der Waals surface area contributed by atoms with E-state index in [0.717, 1.165) is 0 Å². The third-order valence-corrected chi connectivity index (χ3v) is 3.86. The Hall–Kier alpha value is -2.95. The lowest BCUT2D eigenvalue weighted by Gasteiger charge is -2.15. The molecule has 0 atom stereocenters. The molecule has 2 aromatic carbocycles. The second-order valence-corrected chi connectivity index (χ2v) is 5.33. The predicted octanol–water partition coefficient (Wildman–Crippen LogP) is 2.69. The maximum absolute atomic E-state index is 12.4. The summed E-state index contributed by atoms with van der Waals surface area (Å²) in [6.45, 7) is 1.57. The van der Waals surface area contributed by atoms with E-state index < -0.39 is 0 Å². The van der Waals surface area contributed by atoms with Crippen LogP contribution >= 0.6 is 0 Å². The van der Waals surface area contributed by atoms with Crippen molar-refractivity contribution in [3.05, 3.63) is 64.7 Å². The summed E-state index contributed by atoms with van der Waals surface area (Å²) in [7, 11) is 1.49. The molecule has 0 fully saturated rings. The van der Waals surface area contributed by atoms with Crippen LogP contribution in [0, 0.1) is 0 Å². The molecule has 3 rings (SSSR count). The topological polar surface area (TPSA) is 63.7 Å². The van der Waals surface area contributed by atoms with Gasteiger partial charge in [-0.3, -0.25) is 19.3 Å². The van der Waals surface area contributed by atoms with Crippen molar-refractivity contribution in [3.8, 4) is 5.75 Å². The van der Waals surface area contributed by atoms with Crippen LogP contribution in [-0.2, 0) is 6.54 Å². The lowest BCUT2D eigenvalue weighted by molar-refractivity contribution is 0.0642. The molecule has 0 aromatic heterocycles. The average molecular weight is 309 g/mol. The van der Waals surface area contributed by atoms with E-state index in [0.29, 0.717) is 28.0 Å². The normalized spacial score (nSPS) is 13.2. The van der Waals surface area contributed by atoms with Crippen LogP contribution in [0.3, 0.4) is 0 Å². The molecule has 0 unspecified atom stereocenters. The Morgan fingerprint density at radius 3 is 2.17 bits per heavy atom. The summed E-state index contributed by atoms with van der Waals surface area (Å²) < 4.78 is 5.16. The molecule has 0 radical (unpaired) electrons. The highest BCUT2D eigenvalue weighted by Crippen LogP contribution is 2.26. The Morgan fingerprint density at radius 2 is 1.65 bits per heavy atom. The summed E-state index contributed by atoms with van der Waals surface area (Å²) in [4.78, 5) is 37.6. The summed E-state index contributed by atoms with van der Waals surface area (Å²) in [5, 5.41) is 0. The molecule has 0 spiro atoms. The molecule has 2 aromatic rings. The molecule has 0 saturated carbocycles. The van der Waals surface area contributed by atoms with Crippen LogP contribution < -0.4 is 4.74 Å². The quantitative estimate of drug-likeness (QED) is 0.643. The smallest absolute Gasteiger partial charge is 0.261 e. The van der Waals surface area contributed by atoms with Gasteiger partial charge in [0.2, 0.25) is 0 Å². The number of nitrogens with zero attached hydrogens (tertiary/aromatic N) is 1. The van der Waals surface area contributed by atoms with Crippen LogP contribution in [0.1, 0.15) is 43.6 Å². The molecule has 1 aliphatic heterocycles. The number of amides is 2. The summed E-state index contributed by atoms with van der Waals surface area (Å²) >= 11 is 0. The molecular formula is C18H15NO4. The van der Waals surface area contributed by atoms with Crippen molar-refractivity contribution in [2.45, 2.75) is 13.5 Å². The standard InChI is InChI=1S/C18H15NO4/c1-11(20)15-9-12(7-8-16(15)23-2)10-19-17(21)13-5-3-4-6-14(13)18(19)22/h3-9H,10H2,1-2H3. The number of fused-ring (bicyclic) bond motifs is 1. The molecule has 116 valence electrons. The fraction of sp³-hybridized carbons (Fsp3) is 0.167. The Kier molecular flexibility index (Phi) is 3.70. The zero-order valence-corrected chi connectivity index (χ0v) is 12.8. The number of methoxy groups -OCH3 is 1. The third kappa shape index (κ3) is 2.50. The van der Waals surface area contributed by atoms with Crippen LogP contribution in [0.4, 0.5) is 0 Å². The van der Waals surface area contributed by atoms with Gasteiger partial charge in [0.1, 0.15) is 5.75 Å². The largest absolute Gasteiger partial charge is 0.496 e. The van der Waals surface area contributed by atoms with Crippen molar-refractivity contribution in [2.75, 3.05) is 7.11 Å². The molecule has 23 heavy (non-hydrogen) atoms. The molecule has 5 heteroatoms. The number of benzene rings is 2. The maximum Gasteiger partial charge on any atom is 0.261 e. The van der Waals surface area contributed by atoms with Gasteiger partial charge in [-0.25, -0.2) is 0 Å². The van der Waals surface area contributed by atoms with E-state index in [1.165, 1.54) is 18.9 Å². The zero-order valence-electron chi connectivity index (χ0n) is 12.8. The average Bonchev–Trinajstić information content (AvgIpc) is 2.80. The number of hydrogen-bond acceptors (Lipinski definition) is 4. The predicted molar refractivity (Wildman–Crippen MR) is 83.6 cm³/mol. The van der Waals surface area contributed by atoms with Crippen LogP contribution in [0.15, 0.2) is 42.5 Å². The number of hydrogen-bond donors (Lipinski definition) is 0. The maximum atomic E-state index is 12.4. The Morgan fingerprint density at radius 1 is 1.04 bits per heavy atom. The lowest BCUT2D eigenvalue weighted by atomic mass is 10.1. The Balaban J connectivity index is 1.92. The first kappa shape index (κ1) is 15.0.